The van der Waals surface area contributed by atoms with Gasteiger partial charge in [0.2, 0.25) is 0 Å². The highest BCUT2D eigenvalue weighted by Gasteiger charge is 2.06. The SMILES string of the molecule is O=C(NCCCCCCCl)c1ccc(I)c(Cl)c1. The summed E-state index contributed by atoms with van der Waals surface area (Å²) in [5.74, 6) is 0.652. The number of hydrogen-bond acceptors (Lipinski definition) is 1. The lowest BCUT2D eigenvalue weighted by atomic mass is 10.2. The van der Waals surface area contributed by atoms with Crippen LogP contribution in [0, 0.1) is 3.57 Å². The minimum Gasteiger partial charge on any atom is -0.352 e. The van der Waals surface area contributed by atoms with E-state index in [-0.39, 0.29) is 5.91 Å². The Morgan fingerprint density at radius 2 is 1.94 bits per heavy atom. The average Bonchev–Trinajstić information content (AvgIpc) is 2.36. The van der Waals surface area contributed by atoms with Crippen LogP contribution in [-0.4, -0.2) is 18.3 Å². The first-order chi connectivity index (χ1) is 8.65. The van der Waals surface area contributed by atoms with E-state index in [0.717, 1.165) is 29.3 Å². The Hall–Kier alpha value is -0.0000000000000000555. The number of carbonyl (C=O) groups is 1. The number of carbonyl (C=O) groups excluding carboxylic acids is 1. The molecular formula is C13H16Cl2INO. The van der Waals surface area contributed by atoms with E-state index in [1.165, 1.54) is 0 Å². The number of amides is 1. The van der Waals surface area contributed by atoms with Gasteiger partial charge in [0.15, 0.2) is 0 Å². The zero-order valence-electron chi connectivity index (χ0n) is 10.0. The molecule has 5 heteroatoms. The van der Waals surface area contributed by atoms with Gasteiger partial charge in [-0.25, -0.2) is 0 Å². The second-order valence-electron chi connectivity index (χ2n) is 3.99. The number of hydrogen-bond donors (Lipinski definition) is 1. The molecule has 0 bridgehead atoms. The second-order valence-corrected chi connectivity index (χ2v) is 5.94. The van der Waals surface area contributed by atoms with Crippen molar-refractivity contribution < 1.29 is 4.79 Å². The normalized spacial score (nSPS) is 10.4. The molecular weight excluding hydrogens is 384 g/mol. The lowest BCUT2D eigenvalue weighted by molar-refractivity contribution is 0.0953. The number of unbranched alkanes of at least 4 members (excludes halogenated alkanes) is 3. The fourth-order valence-corrected chi connectivity index (χ4v) is 2.22. The molecule has 100 valence electrons. The summed E-state index contributed by atoms with van der Waals surface area (Å²) < 4.78 is 0.951. The zero-order valence-corrected chi connectivity index (χ0v) is 13.7. The van der Waals surface area contributed by atoms with E-state index in [1.807, 2.05) is 6.07 Å². The van der Waals surface area contributed by atoms with Gasteiger partial charge in [0.1, 0.15) is 0 Å². The molecule has 1 amide bonds. The van der Waals surface area contributed by atoms with Gasteiger partial charge >= 0.3 is 0 Å². The van der Waals surface area contributed by atoms with E-state index in [2.05, 4.69) is 27.9 Å². The van der Waals surface area contributed by atoms with E-state index in [1.54, 1.807) is 12.1 Å². The standard InChI is InChI=1S/C13H16Cl2INO/c14-7-3-1-2-4-8-17-13(18)10-5-6-12(16)11(15)9-10/h5-6,9H,1-4,7-8H2,(H,17,18). The maximum absolute atomic E-state index is 11.8. The van der Waals surface area contributed by atoms with Gasteiger partial charge in [0, 0.05) is 21.6 Å². The second kappa shape index (κ2) is 8.99. The largest absolute Gasteiger partial charge is 0.352 e. The molecule has 0 aliphatic carbocycles. The highest BCUT2D eigenvalue weighted by Crippen LogP contribution is 2.19. The molecule has 0 spiro atoms. The lowest BCUT2D eigenvalue weighted by Crippen LogP contribution is -2.24. The fourth-order valence-electron chi connectivity index (χ4n) is 1.51. The highest BCUT2D eigenvalue weighted by atomic mass is 127. The van der Waals surface area contributed by atoms with E-state index in [4.69, 9.17) is 23.2 Å². The van der Waals surface area contributed by atoms with E-state index < -0.39 is 0 Å². The van der Waals surface area contributed by atoms with Gasteiger partial charge < -0.3 is 5.32 Å². The number of halogens is 3. The van der Waals surface area contributed by atoms with Crippen LogP contribution in [0.3, 0.4) is 0 Å². The van der Waals surface area contributed by atoms with Crippen LogP contribution in [0.2, 0.25) is 5.02 Å². The smallest absolute Gasteiger partial charge is 0.251 e. The molecule has 0 radical (unpaired) electrons. The summed E-state index contributed by atoms with van der Waals surface area (Å²) in [7, 11) is 0. The summed E-state index contributed by atoms with van der Waals surface area (Å²) in [6, 6.07) is 5.33. The summed E-state index contributed by atoms with van der Waals surface area (Å²) in [6.07, 6.45) is 4.25. The van der Waals surface area contributed by atoms with Crippen molar-refractivity contribution in [2.24, 2.45) is 0 Å². The third-order valence-electron chi connectivity index (χ3n) is 2.53. The first-order valence-electron chi connectivity index (χ1n) is 5.94. The topological polar surface area (TPSA) is 29.1 Å². The number of alkyl halides is 1. The van der Waals surface area contributed by atoms with Crippen molar-refractivity contribution in [3.63, 3.8) is 0 Å². The van der Waals surface area contributed by atoms with Gasteiger partial charge in [0.05, 0.1) is 5.02 Å². The van der Waals surface area contributed by atoms with E-state index in [0.29, 0.717) is 23.0 Å². The van der Waals surface area contributed by atoms with Crippen LogP contribution in [0.25, 0.3) is 0 Å². The molecule has 1 aromatic rings. The van der Waals surface area contributed by atoms with Crippen LogP contribution in [0.4, 0.5) is 0 Å². The molecule has 2 nitrogen and oxygen atoms in total. The zero-order chi connectivity index (χ0) is 13.4. The van der Waals surface area contributed by atoms with Gasteiger partial charge in [-0.15, -0.1) is 11.6 Å². The van der Waals surface area contributed by atoms with Crippen molar-refractivity contribution in [1.82, 2.24) is 5.32 Å². The summed E-state index contributed by atoms with van der Waals surface area (Å²) in [5.41, 5.74) is 0.612. The monoisotopic (exact) mass is 399 g/mol. The first kappa shape index (κ1) is 16.1. The van der Waals surface area contributed by atoms with Crippen molar-refractivity contribution in [2.45, 2.75) is 25.7 Å². The Bertz CT molecular complexity index is 399. The summed E-state index contributed by atoms with van der Waals surface area (Å²) in [6.45, 7) is 0.699. The van der Waals surface area contributed by atoms with Crippen molar-refractivity contribution >= 4 is 51.7 Å². The Morgan fingerprint density at radius 1 is 1.22 bits per heavy atom. The fraction of sp³-hybridized carbons (Fsp3) is 0.462. The first-order valence-corrected chi connectivity index (χ1v) is 7.93. The molecule has 0 aromatic heterocycles. The Kier molecular flexibility index (Phi) is 8.02. The predicted octanol–water partition coefficient (Wildman–Crippen LogP) is 4.47. The van der Waals surface area contributed by atoms with Gasteiger partial charge in [0.25, 0.3) is 5.91 Å². The van der Waals surface area contributed by atoms with Crippen LogP contribution < -0.4 is 5.32 Å². The third-order valence-corrected chi connectivity index (χ3v) is 4.37. The molecule has 0 heterocycles. The molecule has 1 rings (SSSR count). The molecule has 1 aromatic carbocycles. The third kappa shape index (κ3) is 5.76. The van der Waals surface area contributed by atoms with Gasteiger partial charge in [-0.3, -0.25) is 4.79 Å². The Labute approximate surface area is 132 Å². The van der Waals surface area contributed by atoms with Gasteiger partial charge in [-0.05, 0) is 53.6 Å². The molecule has 0 saturated heterocycles. The van der Waals surface area contributed by atoms with Gasteiger partial charge in [-0.2, -0.15) is 0 Å². The van der Waals surface area contributed by atoms with Crippen LogP contribution in [0.5, 0.6) is 0 Å². The quantitative estimate of drug-likeness (QED) is 0.409. The maximum atomic E-state index is 11.8. The van der Waals surface area contributed by atoms with Crippen molar-refractivity contribution in [3.8, 4) is 0 Å². The molecule has 0 atom stereocenters. The minimum atomic E-state index is -0.0642. The predicted molar refractivity (Wildman–Crippen MR) is 85.7 cm³/mol. The molecule has 0 aliphatic rings. The van der Waals surface area contributed by atoms with Crippen molar-refractivity contribution in [3.05, 3.63) is 32.4 Å². The molecule has 1 N–H and O–H groups in total. The van der Waals surface area contributed by atoms with E-state index in [9.17, 15) is 4.79 Å². The van der Waals surface area contributed by atoms with Crippen LogP contribution in [-0.2, 0) is 0 Å². The number of nitrogens with one attached hydrogen (secondary N) is 1. The molecule has 18 heavy (non-hydrogen) atoms. The minimum absolute atomic E-state index is 0.0642. The molecule has 0 aliphatic heterocycles. The van der Waals surface area contributed by atoms with E-state index >= 15 is 0 Å². The average molecular weight is 400 g/mol. The van der Waals surface area contributed by atoms with Crippen LogP contribution >= 0.6 is 45.8 Å². The maximum Gasteiger partial charge on any atom is 0.251 e. The lowest BCUT2D eigenvalue weighted by Gasteiger charge is -2.06. The summed E-state index contributed by atoms with van der Waals surface area (Å²) in [4.78, 5) is 11.8. The van der Waals surface area contributed by atoms with Crippen LogP contribution in [0.15, 0.2) is 18.2 Å². The van der Waals surface area contributed by atoms with Crippen molar-refractivity contribution in [2.75, 3.05) is 12.4 Å². The number of rotatable bonds is 7. The Balaban J connectivity index is 2.30. The molecule has 0 saturated carbocycles. The highest BCUT2D eigenvalue weighted by molar-refractivity contribution is 14.1. The molecule has 0 unspecified atom stereocenters. The summed E-state index contributed by atoms with van der Waals surface area (Å²) in [5, 5.41) is 3.51. The van der Waals surface area contributed by atoms with Crippen molar-refractivity contribution in [1.29, 1.82) is 0 Å². The Morgan fingerprint density at radius 3 is 2.61 bits per heavy atom. The van der Waals surface area contributed by atoms with Crippen LogP contribution in [0.1, 0.15) is 36.0 Å². The number of benzene rings is 1. The molecule has 0 fully saturated rings. The van der Waals surface area contributed by atoms with Gasteiger partial charge in [-0.1, -0.05) is 24.4 Å². The summed E-state index contributed by atoms with van der Waals surface area (Å²) >= 11 is 13.7.